The fourth-order valence-electron chi connectivity index (χ4n) is 2.87. The molecular formula is C19H17N3O6S. The monoisotopic (exact) mass is 415 g/mol. The van der Waals surface area contributed by atoms with E-state index in [1.807, 2.05) is 0 Å². The Morgan fingerprint density at radius 3 is 2.52 bits per heavy atom. The lowest BCUT2D eigenvalue weighted by atomic mass is 9.98. The minimum Gasteiger partial charge on any atom is -0.289 e. The summed E-state index contributed by atoms with van der Waals surface area (Å²) in [4.78, 5) is 22.2. The Bertz CT molecular complexity index is 1210. The number of sulfonamides is 1. The molecule has 0 spiro atoms. The molecule has 0 bridgehead atoms. The summed E-state index contributed by atoms with van der Waals surface area (Å²) in [5, 5.41) is 19.6. The van der Waals surface area contributed by atoms with Crippen molar-refractivity contribution in [2.45, 2.75) is 12.2 Å². The smallest absolute Gasteiger partial charge is 0.270 e. The van der Waals surface area contributed by atoms with E-state index in [0.29, 0.717) is 16.5 Å². The summed E-state index contributed by atoms with van der Waals surface area (Å²) < 4.78 is 27.8. The molecule has 0 aromatic heterocycles. The first-order valence-electron chi connectivity index (χ1n) is 8.47. The number of anilines is 1. The van der Waals surface area contributed by atoms with Crippen LogP contribution in [0.25, 0.3) is 21.9 Å². The molecule has 0 aliphatic heterocycles. The Morgan fingerprint density at radius 1 is 1.10 bits per heavy atom. The Labute approximate surface area is 166 Å². The highest BCUT2D eigenvalue weighted by atomic mass is 32.2. The van der Waals surface area contributed by atoms with E-state index in [1.165, 1.54) is 23.7 Å². The number of non-ortho nitro benzene ring substituents is 1. The second-order valence-corrected chi connectivity index (χ2v) is 8.28. The number of fused-ring (bicyclic) bond motifs is 1. The van der Waals surface area contributed by atoms with Crippen LogP contribution < -0.4 is 10.2 Å². The molecule has 0 radical (unpaired) electrons. The van der Waals surface area contributed by atoms with Crippen molar-refractivity contribution in [3.05, 3.63) is 70.8 Å². The van der Waals surface area contributed by atoms with Crippen molar-refractivity contribution in [2.24, 2.45) is 0 Å². The first-order chi connectivity index (χ1) is 13.7. The van der Waals surface area contributed by atoms with Gasteiger partial charge in [-0.05, 0) is 17.9 Å². The first kappa shape index (κ1) is 20.2. The molecule has 29 heavy (non-hydrogen) atoms. The van der Waals surface area contributed by atoms with Gasteiger partial charge in [0.2, 0.25) is 10.0 Å². The van der Waals surface area contributed by atoms with Gasteiger partial charge in [0.15, 0.2) is 5.25 Å². The zero-order chi connectivity index (χ0) is 21.2. The van der Waals surface area contributed by atoms with Crippen molar-refractivity contribution in [1.82, 2.24) is 5.48 Å². The van der Waals surface area contributed by atoms with Crippen LogP contribution in [0, 0.1) is 10.1 Å². The van der Waals surface area contributed by atoms with E-state index in [9.17, 15) is 23.3 Å². The zero-order valence-corrected chi connectivity index (χ0v) is 16.0. The van der Waals surface area contributed by atoms with Crippen LogP contribution in [0.15, 0.2) is 60.7 Å². The minimum atomic E-state index is -4.23. The van der Waals surface area contributed by atoms with E-state index in [1.54, 1.807) is 42.5 Å². The average Bonchev–Trinajstić information content (AvgIpc) is 2.72. The zero-order valence-electron chi connectivity index (χ0n) is 15.2. The van der Waals surface area contributed by atoms with E-state index >= 15 is 0 Å². The highest BCUT2D eigenvalue weighted by Crippen LogP contribution is 2.37. The van der Waals surface area contributed by atoms with Gasteiger partial charge in [-0.25, -0.2) is 13.9 Å². The molecule has 3 rings (SSSR count). The maximum Gasteiger partial charge on any atom is 0.270 e. The Balaban J connectivity index is 2.21. The van der Waals surface area contributed by atoms with Crippen molar-refractivity contribution in [1.29, 1.82) is 0 Å². The standard InChI is InChI=1S/C19H17N3O6S/c1-12(19(23)20-24)29(27,28)21-18-16-8-3-2-5-13(16)9-10-17(18)14-6-4-7-15(11-14)22(25)26/h2-12,21,24H,1H3,(H,20,23)/t12-/m0/s1. The SMILES string of the molecule is C[C@@H](C(=O)NO)S(=O)(=O)Nc1c(-c2cccc([N+](=O)[O-])c2)ccc2ccccc12. The van der Waals surface area contributed by atoms with Crippen molar-refractivity contribution in [3.63, 3.8) is 0 Å². The van der Waals surface area contributed by atoms with Crippen molar-refractivity contribution in [2.75, 3.05) is 4.72 Å². The Hall–Kier alpha value is -3.50. The first-order valence-corrected chi connectivity index (χ1v) is 10.0. The molecule has 150 valence electrons. The van der Waals surface area contributed by atoms with E-state index < -0.39 is 26.1 Å². The fraction of sp³-hybridized carbons (Fsp3) is 0.105. The van der Waals surface area contributed by atoms with Gasteiger partial charge in [0.05, 0.1) is 10.6 Å². The van der Waals surface area contributed by atoms with E-state index in [4.69, 9.17) is 5.21 Å². The molecule has 3 aromatic rings. The third-order valence-corrected chi connectivity index (χ3v) is 6.12. The molecule has 0 aliphatic rings. The number of hydrogen-bond donors (Lipinski definition) is 3. The molecule has 0 fully saturated rings. The van der Waals surface area contributed by atoms with Crippen molar-refractivity contribution < 1.29 is 23.3 Å². The molecule has 10 heteroatoms. The second kappa shape index (κ2) is 7.86. The van der Waals surface area contributed by atoms with Gasteiger partial charge in [0.25, 0.3) is 11.6 Å². The van der Waals surface area contributed by atoms with Gasteiger partial charge in [-0.2, -0.15) is 0 Å². The number of carbonyl (C=O) groups is 1. The van der Waals surface area contributed by atoms with Crippen LogP contribution in [0.5, 0.6) is 0 Å². The third-order valence-electron chi connectivity index (χ3n) is 4.49. The maximum atomic E-state index is 12.7. The van der Waals surface area contributed by atoms with Gasteiger partial charge in [-0.15, -0.1) is 0 Å². The molecule has 9 nitrogen and oxygen atoms in total. The predicted octanol–water partition coefficient (Wildman–Crippen LogP) is 3.05. The Morgan fingerprint density at radius 2 is 1.83 bits per heavy atom. The van der Waals surface area contributed by atoms with E-state index in [0.717, 1.165) is 12.3 Å². The number of hydroxylamine groups is 1. The van der Waals surface area contributed by atoms with Gasteiger partial charge in [-0.3, -0.25) is 24.8 Å². The number of amides is 1. The van der Waals surface area contributed by atoms with Crippen molar-refractivity contribution >= 4 is 38.1 Å². The molecule has 3 N–H and O–H groups in total. The maximum absolute atomic E-state index is 12.7. The van der Waals surface area contributed by atoms with Crippen LogP contribution in [0.2, 0.25) is 0 Å². The molecule has 0 saturated carbocycles. The number of nitro benzene ring substituents is 1. The Kier molecular flexibility index (Phi) is 5.48. The summed E-state index contributed by atoms with van der Waals surface area (Å²) in [6, 6.07) is 16.2. The van der Waals surface area contributed by atoms with Gasteiger partial charge in [-0.1, -0.05) is 48.5 Å². The lowest BCUT2D eigenvalue weighted by Crippen LogP contribution is -2.39. The molecule has 0 heterocycles. The highest BCUT2D eigenvalue weighted by molar-refractivity contribution is 7.94. The quantitative estimate of drug-likeness (QED) is 0.321. The second-order valence-electron chi connectivity index (χ2n) is 6.28. The van der Waals surface area contributed by atoms with E-state index in [-0.39, 0.29) is 11.4 Å². The molecule has 0 saturated heterocycles. The molecular weight excluding hydrogens is 398 g/mol. The number of rotatable bonds is 6. The van der Waals surface area contributed by atoms with Crippen LogP contribution in [0.4, 0.5) is 11.4 Å². The van der Waals surface area contributed by atoms with Gasteiger partial charge < -0.3 is 0 Å². The number of nitrogens with zero attached hydrogens (tertiary/aromatic N) is 1. The van der Waals surface area contributed by atoms with Crippen LogP contribution in [0.1, 0.15) is 6.92 Å². The topological polar surface area (TPSA) is 139 Å². The fourth-order valence-corrected chi connectivity index (χ4v) is 3.89. The molecule has 3 aromatic carbocycles. The average molecular weight is 415 g/mol. The summed E-state index contributed by atoms with van der Waals surface area (Å²) in [6.07, 6.45) is 0. The minimum absolute atomic E-state index is 0.141. The van der Waals surface area contributed by atoms with Crippen LogP contribution in [-0.4, -0.2) is 29.7 Å². The summed E-state index contributed by atoms with van der Waals surface area (Å²) in [5.41, 5.74) is 2.21. The van der Waals surface area contributed by atoms with Crippen molar-refractivity contribution in [3.8, 4) is 11.1 Å². The summed E-state index contributed by atoms with van der Waals surface area (Å²) in [5.74, 6) is -1.09. The number of nitrogens with one attached hydrogen (secondary N) is 2. The molecule has 1 atom stereocenters. The predicted molar refractivity (Wildman–Crippen MR) is 108 cm³/mol. The van der Waals surface area contributed by atoms with Crippen LogP contribution >= 0.6 is 0 Å². The lowest BCUT2D eigenvalue weighted by Gasteiger charge is -2.18. The largest absolute Gasteiger partial charge is 0.289 e. The van der Waals surface area contributed by atoms with Gasteiger partial charge in [0, 0.05) is 23.1 Å². The van der Waals surface area contributed by atoms with Gasteiger partial charge >= 0.3 is 0 Å². The summed E-state index contributed by atoms with van der Waals surface area (Å²) in [6.45, 7) is 1.13. The van der Waals surface area contributed by atoms with E-state index in [2.05, 4.69) is 4.72 Å². The lowest BCUT2D eigenvalue weighted by molar-refractivity contribution is -0.384. The number of benzene rings is 3. The van der Waals surface area contributed by atoms with Crippen LogP contribution in [0.3, 0.4) is 0 Å². The van der Waals surface area contributed by atoms with Crippen LogP contribution in [-0.2, 0) is 14.8 Å². The number of nitro groups is 1. The van der Waals surface area contributed by atoms with Gasteiger partial charge in [0.1, 0.15) is 0 Å². The summed E-state index contributed by atoms with van der Waals surface area (Å²) in [7, 11) is -4.23. The third kappa shape index (κ3) is 4.03. The number of hydrogen-bond acceptors (Lipinski definition) is 6. The molecule has 1 amide bonds. The molecule has 0 aliphatic carbocycles. The molecule has 0 unspecified atom stereocenters. The highest BCUT2D eigenvalue weighted by Gasteiger charge is 2.29. The normalized spacial score (nSPS) is 12.3. The number of carbonyl (C=O) groups excluding carboxylic acids is 1. The summed E-state index contributed by atoms with van der Waals surface area (Å²) >= 11 is 0.